The molecule has 1 aliphatic heterocycles. The Bertz CT molecular complexity index is 486. The van der Waals surface area contributed by atoms with E-state index in [-0.39, 0.29) is 5.91 Å². The monoisotopic (exact) mass is 245 g/mol. The van der Waals surface area contributed by atoms with Crippen molar-refractivity contribution in [2.75, 3.05) is 12.4 Å². The fourth-order valence-corrected chi connectivity index (χ4v) is 3.30. The number of primary amides is 1. The molecule has 3 atom stereocenters. The van der Waals surface area contributed by atoms with Crippen LogP contribution in [0.2, 0.25) is 0 Å². The normalized spacial score (nSPS) is 29.3. The Balaban J connectivity index is 1.93. The van der Waals surface area contributed by atoms with Crippen LogP contribution in [0.4, 0.5) is 5.69 Å². The lowest BCUT2D eigenvalue weighted by Crippen LogP contribution is -2.37. The highest BCUT2D eigenvalue weighted by molar-refractivity contribution is 5.93. The first kappa shape index (κ1) is 11.5. The summed E-state index contributed by atoms with van der Waals surface area (Å²) in [6.07, 6.45) is 3.52. The van der Waals surface area contributed by atoms with Crippen LogP contribution in [0.3, 0.4) is 0 Å². The number of rotatable bonds is 2. The van der Waals surface area contributed by atoms with Crippen molar-refractivity contribution >= 4 is 11.6 Å². The van der Waals surface area contributed by atoms with Gasteiger partial charge in [-0.3, -0.25) is 4.79 Å². The molecule has 0 spiro atoms. The van der Waals surface area contributed by atoms with Crippen molar-refractivity contribution in [3.8, 4) is 0 Å². The van der Waals surface area contributed by atoms with Crippen LogP contribution in [-0.2, 0) is 0 Å². The van der Waals surface area contributed by atoms with Crippen LogP contribution in [0.25, 0.3) is 0 Å². The second-order valence-corrected chi connectivity index (χ2v) is 5.32. The van der Waals surface area contributed by atoms with Crippen molar-refractivity contribution in [1.82, 2.24) is 5.32 Å². The molecule has 0 bridgehead atoms. The van der Waals surface area contributed by atoms with Crippen molar-refractivity contribution in [3.05, 3.63) is 29.3 Å². The van der Waals surface area contributed by atoms with E-state index in [0.717, 1.165) is 6.42 Å². The van der Waals surface area contributed by atoms with Crippen LogP contribution in [0.5, 0.6) is 0 Å². The molecule has 1 aromatic carbocycles. The second kappa shape index (κ2) is 4.28. The molecule has 4 N–H and O–H groups in total. The molecule has 3 rings (SSSR count). The summed E-state index contributed by atoms with van der Waals surface area (Å²) in [5, 5.41) is 6.93. The summed E-state index contributed by atoms with van der Waals surface area (Å²) in [7, 11) is 2.02. The number of hydrogen-bond acceptors (Lipinski definition) is 3. The number of carbonyl (C=O) groups excluding carboxylic acids is 1. The first-order chi connectivity index (χ1) is 8.69. The van der Waals surface area contributed by atoms with Gasteiger partial charge in [0.1, 0.15) is 0 Å². The standard InChI is InChI=1S/C14H19N3O/c1-16-9-3-5-13-11(7-9)10-6-8(14(15)18)2-4-12(10)17-13/h2,4,6,9,11,13,16-17H,3,5,7H2,1H3,(H2,15,18). The molecule has 2 aliphatic rings. The summed E-state index contributed by atoms with van der Waals surface area (Å²) in [5.41, 5.74) is 8.40. The van der Waals surface area contributed by atoms with Gasteiger partial charge < -0.3 is 16.4 Å². The van der Waals surface area contributed by atoms with E-state index < -0.39 is 0 Å². The molecule has 1 amide bonds. The SMILES string of the molecule is CNC1CCC2Nc3ccc(C(N)=O)cc3C2C1. The smallest absolute Gasteiger partial charge is 0.248 e. The summed E-state index contributed by atoms with van der Waals surface area (Å²) in [6, 6.07) is 6.86. The predicted molar refractivity (Wildman–Crippen MR) is 71.8 cm³/mol. The van der Waals surface area contributed by atoms with E-state index in [1.54, 1.807) is 6.07 Å². The number of nitrogens with two attached hydrogens (primary N) is 1. The minimum atomic E-state index is -0.345. The van der Waals surface area contributed by atoms with Crippen molar-refractivity contribution in [2.24, 2.45) is 5.73 Å². The third-order valence-corrected chi connectivity index (χ3v) is 4.33. The zero-order valence-electron chi connectivity index (χ0n) is 10.6. The molecule has 1 fully saturated rings. The Morgan fingerprint density at radius 1 is 1.44 bits per heavy atom. The Labute approximate surface area is 107 Å². The number of anilines is 1. The van der Waals surface area contributed by atoms with E-state index in [2.05, 4.69) is 10.6 Å². The molecule has 0 saturated heterocycles. The number of nitrogens with one attached hydrogen (secondary N) is 2. The van der Waals surface area contributed by atoms with Crippen LogP contribution in [-0.4, -0.2) is 25.0 Å². The Morgan fingerprint density at radius 2 is 2.28 bits per heavy atom. The molecule has 1 aromatic rings. The minimum Gasteiger partial charge on any atom is -0.381 e. The molecule has 1 aliphatic carbocycles. The predicted octanol–water partition coefficient (Wildman–Crippen LogP) is 1.44. The van der Waals surface area contributed by atoms with Crippen molar-refractivity contribution < 1.29 is 4.79 Å². The van der Waals surface area contributed by atoms with Gasteiger partial charge in [0.25, 0.3) is 0 Å². The zero-order chi connectivity index (χ0) is 12.7. The van der Waals surface area contributed by atoms with E-state index >= 15 is 0 Å². The van der Waals surface area contributed by atoms with Gasteiger partial charge in [0.05, 0.1) is 0 Å². The zero-order valence-corrected chi connectivity index (χ0v) is 10.6. The van der Waals surface area contributed by atoms with Gasteiger partial charge in [-0.05, 0) is 50.1 Å². The maximum Gasteiger partial charge on any atom is 0.248 e. The Kier molecular flexibility index (Phi) is 2.74. The van der Waals surface area contributed by atoms with Gasteiger partial charge in [0.15, 0.2) is 0 Å². The molecule has 3 unspecified atom stereocenters. The van der Waals surface area contributed by atoms with E-state index in [0.29, 0.717) is 23.6 Å². The Morgan fingerprint density at radius 3 is 3.00 bits per heavy atom. The molecule has 18 heavy (non-hydrogen) atoms. The summed E-state index contributed by atoms with van der Waals surface area (Å²) in [4.78, 5) is 11.3. The third kappa shape index (κ3) is 1.77. The maximum absolute atomic E-state index is 11.3. The van der Waals surface area contributed by atoms with Gasteiger partial charge >= 0.3 is 0 Å². The topological polar surface area (TPSA) is 67.2 Å². The molecule has 96 valence electrons. The average molecular weight is 245 g/mol. The van der Waals surface area contributed by atoms with Crippen molar-refractivity contribution in [1.29, 1.82) is 0 Å². The molecule has 4 nitrogen and oxygen atoms in total. The van der Waals surface area contributed by atoms with Crippen LogP contribution >= 0.6 is 0 Å². The van der Waals surface area contributed by atoms with E-state index in [1.807, 2.05) is 19.2 Å². The first-order valence-corrected chi connectivity index (χ1v) is 6.56. The fourth-order valence-electron chi connectivity index (χ4n) is 3.30. The molecule has 4 heteroatoms. The summed E-state index contributed by atoms with van der Waals surface area (Å²) in [6.45, 7) is 0. The molecule has 0 aromatic heterocycles. The summed E-state index contributed by atoms with van der Waals surface area (Å²) >= 11 is 0. The molecule has 1 heterocycles. The third-order valence-electron chi connectivity index (χ3n) is 4.33. The van der Waals surface area contributed by atoms with Crippen LogP contribution < -0.4 is 16.4 Å². The molecular weight excluding hydrogens is 226 g/mol. The number of hydrogen-bond donors (Lipinski definition) is 3. The van der Waals surface area contributed by atoms with Gasteiger partial charge in [0.2, 0.25) is 5.91 Å². The lowest BCUT2D eigenvalue weighted by atomic mass is 9.80. The van der Waals surface area contributed by atoms with Crippen molar-refractivity contribution in [2.45, 2.75) is 37.3 Å². The summed E-state index contributed by atoms with van der Waals surface area (Å²) < 4.78 is 0. The minimum absolute atomic E-state index is 0.345. The largest absolute Gasteiger partial charge is 0.381 e. The molecular formula is C14H19N3O. The highest BCUT2D eigenvalue weighted by atomic mass is 16.1. The first-order valence-electron chi connectivity index (χ1n) is 6.56. The maximum atomic E-state index is 11.3. The van der Waals surface area contributed by atoms with Crippen LogP contribution in [0.15, 0.2) is 18.2 Å². The average Bonchev–Trinajstić information content (AvgIpc) is 2.75. The highest BCUT2D eigenvalue weighted by Crippen LogP contribution is 2.44. The number of benzene rings is 1. The number of amides is 1. The van der Waals surface area contributed by atoms with E-state index in [9.17, 15) is 4.79 Å². The van der Waals surface area contributed by atoms with Crippen LogP contribution in [0, 0.1) is 0 Å². The lowest BCUT2D eigenvalue weighted by molar-refractivity contribution is 0.1000. The quantitative estimate of drug-likeness (QED) is 0.738. The van der Waals surface area contributed by atoms with Crippen molar-refractivity contribution in [3.63, 3.8) is 0 Å². The second-order valence-electron chi connectivity index (χ2n) is 5.32. The van der Waals surface area contributed by atoms with Gasteiger partial charge in [-0.25, -0.2) is 0 Å². The van der Waals surface area contributed by atoms with Crippen LogP contribution in [0.1, 0.15) is 41.1 Å². The number of carbonyl (C=O) groups is 1. The Hall–Kier alpha value is -1.55. The fraction of sp³-hybridized carbons (Fsp3) is 0.500. The molecule has 1 saturated carbocycles. The van der Waals surface area contributed by atoms with Gasteiger partial charge in [-0.15, -0.1) is 0 Å². The lowest BCUT2D eigenvalue weighted by Gasteiger charge is -2.31. The highest BCUT2D eigenvalue weighted by Gasteiger charge is 2.37. The van der Waals surface area contributed by atoms with Gasteiger partial charge in [0, 0.05) is 29.3 Å². The number of fused-ring (bicyclic) bond motifs is 3. The van der Waals surface area contributed by atoms with Gasteiger partial charge in [-0.1, -0.05) is 0 Å². The summed E-state index contributed by atoms with van der Waals surface area (Å²) in [5.74, 6) is 0.160. The molecule has 0 radical (unpaired) electrons. The van der Waals surface area contributed by atoms with Gasteiger partial charge in [-0.2, -0.15) is 0 Å². The van der Waals surface area contributed by atoms with E-state index in [4.69, 9.17) is 5.73 Å². The van der Waals surface area contributed by atoms with E-state index in [1.165, 1.54) is 24.1 Å².